The third kappa shape index (κ3) is 5.08. The molecule has 4 nitrogen and oxygen atoms in total. The minimum absolute atomic E-state index is 0.0869. The minimum Gasteiger partial charge on any atom is -0.349 e. The summed E-state index contributed by atoms with van der Waals surface area (Å²) < 4.78 is 0.810. The van der Waals surface area contributed by atoms with Crippen molar-refractivity contribution in [2.24, 2.45) is 0 Å². The summed E-state index contributed by atoms with van der Waals surface area (Å²) in [4.78, 5) is 23.9. The van der Waals surface area contributed by atoms with E-state index in [-0.39, 0.29) is 18.2 Å². The molecule has 0 aromatic heterocycles. The van der Waals surface area contributed by atoms with E-state index in [0.717, 1.165) is 10.0 Å². The molecule has 24 heavy (non-hydrogen) atoms. The van der Waals surface area contributed by atoms with Crippen molar-refractivity contribution < 1.29 is 9.59 Å². The first-order chi connectivity index (χ1) is 11.4. The van der Waals surface area contributed by atoms with E-state index in [1.165, 1.54) is 6.92 Å². The third-order valence-electron chi connectivity index (χ3n) is 3.45. The SMILES string of the molecule is CC(=O)N[C@H](CC(=O)Nc1ccc(C)cc1Br)c1ccccc1Cl. The number of amides is 2. The second kappa shape index (κ2) is 8.31. The maximum absolute atomic E-state index is 12.4. The normalized spacial score (nSPS) is 11.7. The number of carbonyl (C=O) groups is 2. The summed E-state index contributed by atoms with van der Waals surface area (Å²) in [7, 11) is 0. The second-order valence-electron chi connectivity index (χ2n) is 5.51. The van der Waals surface area contributed by atoms with Crippen LogP contribution < -0.4 is 10.6 Å². The van der Waals surface area contributed by atoms with Crippen molar-refractivity contribution in [3.8, 4) is 0 Å². The molecule has 0 bridgehead atoms. The average Bonchev–Trinajstić information content (AvgIpc) is 2.49. The van der Waals surface area contributed by atoms with Crippen molar-refractivity contribution in [3.05, 3.63) is 63.1 Å². The largest absolute Gasteiger partial charge is 0.349 e. The van der Waals surface area contributed by atoms with Crippen LogP contribution in [0.2, 0.25) is 5.02 Å². The molecule has 126 valence electrons. The predicted octanol–water partition coefficient (Wildman–Crippen LogP) is 4.62. The third-order valence-corrected chi connectivity index (χ3v) is 4.45. The van der Waals surface area contributed by atoms with Gasteiger partial charge in [0, 0.05) is 16.4 Å². The number of benzene rings is 2. The Labute approximate surface area is 154 Å². The fraction of sp³-hybridized carbons (Fsp3) is 0.222. The Balaban J connectivity index is 2.15. The lowest BCUT2D eigenvalue weighted by Crippen LogP contribution is -2.30. The molecule has 1 atom stereocenters. The van der Waals surface area contributed by atoms with Crippen LogP contribution in [0.3, 0.4) is 0 Å². The van der Waals surface area contributed by atoms with E-state index in [2.05, 4.69) is 26.6 Å². The monoisotopic (exact) mass is 408 g/mol. The Morgan fingerprint density at radius 1 is 1.21 bits per heavy atom. The smallest absolute Gasteiger partial charge is 0.226 e. The van der Waals surface area contributed by atoms with Crippen molar-refractivity contribution in [1.29, 1.82) is 0 Å². The van der Waals surface area contributed by atoms with Gasteiger partial charge in [-0.1, -0.05) is 35.9 Å². The van der Waals surface area contributed by atoms with Crippen molar-refractivity contribution >= 4 is 45.0 Å². The highest BCUT2D eigenvalue weighted by molar-refractivity contribution is 9.10. The minimum atomic E-state index is -0.486. The van der Waals surface area contributed by atoms with E-state index in [4.69, 9.17) is 11.6 Å². The number of hydrogen-bond donors (Lipinski definition) is 2. The summed E-state index contributed by atoms with van der Waals surface area (Å²) in [6.07, 6.45) is 0.0869. The summed E-state index contributed by atoms with van der Waals surface area (Å²) >= 11 is 9.63. The molecular weight excluding hydrogens is 392 g/mol. The highest BCUT2D eigenvalue weighted by Crippen LogP contribution is 2.27. The maximum Gasteiger partial charge on any atom is 0.226 e. The zero-order chi connectivity index (χ0) is 17.7. The number of rotatable bonds is 5. The van der Waals surface area contributed by atoms with Gasteiger partial charge in [-0.3, -0.25) is 9.59 Å². The van der Waals surface area contributed by atoms with Crippen LogP contribution in [0.1, 0.15) is 30.5 Å². The molecule has 2 rings (SSSR count). The lowest BCUT2D eigenvalue weighted by Gasteiger charge is -2.19. The van der Waals surface area contributed by atoms with Crippen LogP contribution in [0.4, 0.5) is 5.69 Å². The van der Waals surface area contributed by atoms with E-state index in [0.29, 0.717) is 16.3 Å². The first kappa shape index (κ1) is 18.5. The van der Waals surface area contributed by atoms with Gasteiger partial charge in [0.25, 0.3) is 0 Å². The van der Waals surface area contributed by atoms with Gasteiger partial charge in [0.15, 0.2) is 0 Å². The van der Waals surface area contributed by atoms with Gasteiger partial charge in [-0.25, -0.2) is 0 Å². The molecule has 0 spiro atoms. The Morgan fingerprint density at radius 2 is 1.92 bits per heavy atom. The molecule has 0 aliphatic heterocycles. The van der Waals surface area contributed by atoms with Crippen molar-refractivity contribution in [2.75, 3.05) is 5.32 Å². The van der Waals surface area contributed by atoms with E-state index in [1.54, 1.807) is 18.2 Å². The van der Waals surface area contributed by atoms with Gasteiger partial charge in [-0.2, -0.15) is 0 Å². The van der Waals surface area contributed by atoms with E-state index in [9.17, 15) is 9.59 Å². The maximum atomic E-state index is 12.4. The molecule has 0 saturated carbocycles. The molecular formula is C18H18BrClN2O2. The molecule has 0 heterocycles. The fourth-order valence-electron chi connectivity index (χ4n) is 2.35. The molecule has 0 aliphatic rings. The van der Waals surface area contributed by atoms with Crippen LogP contribution in [-0.2, 0) is 9.59 Å². The van der Waals surface area contributed by atoms with Gasteiger partial charge in [0.2, 0.25) is 11.8 Å². The Morgan fingerprint density at radius 3 is 2.54 bits per heavy atom. The Hall–Kier alpha value is -1.85. The molecule has 0 unspecified atom stereocenters. The van der Waals surface area contributed by atoms with E-state index < -0.39 is 6.04 Å². The number of nitrogens with one attached hydrogen (secondary N) is 2. The fourth-order valence-corrected chi connectivity index (χ4v) is 3.21. The van der Waals surface area contributed by atoms with Crippen molar-refractivity contribution in [3.63, 3.8) is 0 Å². The van der Waals surface area contributed by atoms with Crippen LogP contribution in [0.15, 0.2) is 46.9 Å². The molecule has 2 N–H and O–H groups in total. The van der Waals surface area contributed by atoms with Crippen molar-refractivity contribution in [2.45, 2.75) is 26.3 Å². The van der Waals surface area contributed by atoms with Gasteiger partial charge in [0.1, 0.15) is 0 Å². The number of anilines is 1. The molecule has 0 saturated heterocycles. The second-order valence-corrected chi connectivity index (χ2v) is 6.77. The molecule has 2 amide bonds. The van der Waals surface area contributed by atoms with Gasteiger partial charge >= 0.3 is 0 Å². The average molecular weight is 410 g/mol. The van der Waals surface area contributed by atoms with Gasteiger partial charge in [-0.15, -0.1) is 0 Å². The summed E-state index contributed by atoms with van der Waals surface area (Å²) in [5.74, 6) is -0.428. The zero-order valence-corrected chi connectivity index (χ0v) is 15.7. The van der Waals surface area contributed by atoms with Crippen LogP contribution in [0, 0.1) is 6.92 Å². The predicted molar refractivity (Wildman–Crippen MR) is 100 cm³/mol. The molecule has 0 fully saturated rings. The van der Waals surface area contributed by atoms with Crippen LogP contribution in [0.25, 0.3) is 0 Å². The van der Waals surface area contributed by atoms with Crippen LogP contribution in [0.5, 0.6) is 0 Å². The van der Waals surface area contributed by atoms with E-state index in [1.807, 2.05) is 31.2 Å². The molecule has 6 heteroatoms. The highest BCUT2D eigenvalue weighted by atomic mass is 79.9. The summed E-state index contributed by atoms with van der Waals surface area (Å²) in [5.41, 5.74) is 2.49. The molecule has 0 radical (unpaired) electrons. The van der Waals surface area contributed by atoms with Gasteiger partial charge in [-0.05, 0) is 52.2 Å². The number of halogens is 2. The number of carbonyl (C=O) groups excluding carboxylic acids is 2. The molecule has 0 aliphatic carbocycles. The summed E-state index contributed by atoms with van der Waals surface area (Å²) in [6.45, 7) is 3.39. The Kier molecular flexibility index (Phi) is 6.40. The molecule has 2 aromatic carbocycles. The van der Waals surface area contributed by atoms with Crippen LogP contribution >= 0.6 is 27.5 Å². The first-order valence-corrected chi connectivity index (χ1v) is 8.61. The van der Waals surface area contributed by atoms with Gasteiger partial charge in [0.05, 0.1) is 18.2 Å². The quantitative estimate of drug-likeness (QED) is 0.757. The van der Waals surface area contributed by atoms with Gasteiger partial charge < -0.3 is 10.6 Å². The number of hydrogen-bond acceptors (Lipinski definition) is 2. The van der Waals surface area contributed by atoms with E-state index >= 15 is 0 Å². The summed E-state index contributed by atoms with van der Waals surface area (Å²) in [5, 5.41) is 6.15. The lowest BCUT2D eigenvalue weighted by atomic mass is 10.0. The Bertz CT molecular complexity index is 764. The standard InChI is InChI=1S/C18H18BrClN2O2/c1-11-7-8-16(14(19)9-11)22-18(24)10-17(21-12(2)23)13-5-3-4-6-15(13)20/h3-9,17H,10H2,1-2H3,(H,21,23)(H,22,24)/t17-/m1/s1. The molecule has 2 aromatic rings. The lowest BCUT2D eigenvalue weighted by molar-refractivity contribution is -0.120. The highest BCUT2D eigenvalue weighted by Gasteiger charge is 2.19. The zero-order valence-electron chi connectivity index (χ0n) is 13.4. The summed E-state index contributed by atoms with van der Waals surface area (Å²) in [6, 6.07) is 12.4. The van der Waals surface area contributed by atoms with Crippen LogP contribution in [-0.4, -0.2) is 11.8 Å². The topological polar surface area (TPSA) is 58.2 Å². The number of aryl methyl sites for hydroxylation is 1. The van der Waals surface area contributed by atoms with Crippen molar-refractivity contribution in [1.82, 2.24) is 5.32 Å². The first-order valence-electron chi connectivity index (χ1n) is 7.44.